The molecule has 164 valence electrons. The molecule has 0 amide bonds. The Kier molecular flexibility index (Phi) is 7.54. The van der Waals surface area contributed by atoms with Gasteiger partial charge in [-0.1, -0.05) is 113 Å². The second-order valence-corrected chi connectivity index (χ2v) is 9.25. The Labute approximate surface area is 187 Å². The van der Waals surface area contributed by atoms with Gasteiger partial charge in [0.1, 0.15) is 5.41 Å². The Balaban J connectivity index is 1.87. The molecule has 2 atom stereocenters. The zero-order valence-electron chi connectivity index (χ0n) is 19.3. The first-order valence-corrected chi connectivity index (χ1v) is 11.7. The summed E-state index contributed by atoms with van der Waals surface area (Å²) in [5, 5.41) is 10.3. The Morgan fingerprint density at radius 3 is 2.06 bits per heavy atom. The zero-order chi connectivity index (χ0) is 22.4. The summed E-state index contributed by atoms with van der Waals surface area (Å²) in [5.41, 5.74) is 3.48. The number of benzene rings is 2. The van der Waals surface area contributed by atoms with E-state index < -0.39 is 11.4 Å². The van der Waals surface area contributed by atoms with Gasteiger partial charge in [-0.25, -0.2) is 0 Å². The predicted octanol–water partition coefficient (Wildman–Crippen LogP) is 7.10. The number of carbonyl (C=O) groups is 1. The fourth-order valence-electron chi connectivity index (χ4n) is 4.33. The second-order valence-electron chi connectivity index (χ2n) is 9.25. The third kappa shape index (κ3) is 5.18. The van der Waals surface area contributed by atoms with E-state index in [-0.39, 0.29) is 5.92 Å². The summed E-state index contributed by atoms with van der Waals surface area (Å²) in [5.74, 6) is 0.489. The van der Waals surface area contributed by atoms with E-state index in [1.165, 1.54) is 17.5 Å². The van der Waals surface area contributed by atoms with Gasteiger partial charge in [0.25, 0.3) is 0 Å². The van der Waals surface area contributed by atoms with Gasteiger partial charge in [-0.3, -0.25) is 4.79 Å². The second kappa shape index (κ2) is 10.1. The van der Waals surface area contributed by atoms with Crippen molar-refractivity contribution in [1.29, 1.82) is 0 Å². The quantitative estimate of drug-likeness (QED) is 0.443. The van der Waals surface area contributed by atoms with Crippen LogP contribution in [-0.4, -0.2) is 11.1 Å². The van der Waals surface area contributed by atoms with Gasteiger partial charge in [-0.05, 0) is 46.9 Å². The van der Waals surface area contributed by atoms with Gasteiger partial charge in [-0.2, -0.15) is 0 Å². The molecule has 2 aromatic rings. The summed E-state index contributed by atoms with van der Waals surface area (Å²) in [6.07, 6.45) is 12.1. The fourth-order valence-corrected chi connectivity index (χ4v) is 4.33. The SMILES string of the molecule is CCC(C)Cc1ccc(C2C=CC(C(=O)O)(c3ccccc3CC(C)CC)C=C2)cc1. The van der Waals surface area contributed by atoms with Crippen LogP contribution in [0.1, 0.15) is 68.7 Å². The van der Waals surface area contributed by atoms with E-state index in [1.54, 1.807) is 0 Å². The van der Waals surface area contributed by atoms with E-state index in [2.05, 4.69) is 70.2 Å². The number of rotatable bonds is 9. The highest BCUT2D eigenvalue weighted by Gasteiger charge is 2.39. The van der Waals surface area contributed by atoms with Gasteiger partial charge in [0.2, 0.25) is 0 Å². The van der Waals surface area contributed by atoms with Crippen LogP contribution in [0.3, 0.4) is 0 Å². The van der Waals surface area contributed by atoms with Crippen molar-refractivity contribution < 1.29 is 9.90 Å². The predicted molar refractivity (Wildman–Crippen MR) is 130 cm³/mol. The van der Waals surface area contributed by atoms with Crippen LogP contribution in [0, 0.1) is 11.8 Å². The largest absolute Gasteiger partial charge is 0.480 e. The Bertz CT molecular complexity index is 921. The van der Waals surface area contributed by atoms with Crippen molar-refractivity contribution in [1.82, 2.24) is 0 Å². The molecule has 1 N–H and O–H groups in total. The molecule has 2 aromatic carbocycles. The average molecular weight is 417 g/mol. The van der Waals surface area contributed by atoms with Crippen molar-refractivity contribution in [3.63, 3.8) is 0 Å². The summed E-state index contributed by atoms with van der Waals surface area (Å²) in [7, 11) is 0. The summed E-state index contributed by atoms with van der Waals surface area (Å²) in [6, 6.07) is 16.8. The lowest BCUT2D eigenvalue weighted by Gasteiger charge is -2.30. The van der Waals surface area contributed by atoms with Gasteiger partial charge in [0.05, 0.1) is 0 Å². The average Bonchev–Trinajstić information content (AvgIpc) is 2.79. The Morgan fingerprint density at radius 2 is 1.48 bits per heavy atom. The van der Waals surface area contributed by atoms with Crippen LogP contribution in [0.15, 0.2) is 72.8 Å². The van der Waals surface area contributed by atoms with Crippen LogP contribution in [-0.2, 0) is 23.1 Å². The molecule has 0 aliphatic heterocycles. The van der Waals surface area contributed by atoms with Crippen molar-refractivity contribution in [2.75, 3.05) is 0 Å². The highest BCUT2D eigenvalue weighted by Crippen LogP contribution is 2.38. The van der Waals surface area contributed by atoms with Crippen LogP contribution in [0.25, 0.3) is 0 Å². The first-order chi connectivity index (χ1) is 14.9. The number of hydrogen-bond donors (Lipinski definition) is 1. The molecule has 0 aromatic heterocycles. The van der Waals surface area contributed by atoms with E-state index in [9.17, 15) is 9.90 Å². The van der Waals surface area contributed by atoms with E-state index in [0.717, 1.165) is 30.4 Å². The lowest BCUT2D eigenvalue weighted by Crippen LogP contribution is -2.34. The maximum atomic E-state index is 12.5. The lowest BCUT2D eigenvalue weighted by molar-refractivity contribution is -0.140. The number of carboxylic acids is 1. The molecule has 0 bridgehead atoms. The summed E-state index contributed by atoms with van der Waals surface area (Å²) < 4.78 is 0. The number of allylic oxidation sites excluding steroid dienone is 2. The highest BCUT2D eigenvalue weighted by atomic mass is 16.4. The zero-order valence-corrected chi connectivity index (χ0v) is 19.3. The minimum atomic E-state index is -1.10. The minimum Gasteiger partial charge on any atom is -0.480 e. The smallest absolute Gasteiger partial charge is 0.321 e. The van der Waals surface area contributed by atoms with Gasteiger partial charge in [0, 0.05) is 5.92 Å². The minimum absolute atomic E-state index is 0.104. The molecule has 0 spiro atoms. The molecule has 0 saturated carbocycles. The van der Waals surface area contributed by atoms with Crippen molar-refractivity contribution >= 4 is 5.97 Å². The van der Waals surface area contributed by atoms with Crippen molar-refractivity contribution in [3.05, 3.63) is 95.1 Å². The first kappa shape index (κ1) is 23.1. The maximum Gasteiger partial charge on any atom is 0.321 e. The molecule has 2 unspecified atom stereocenters. The van der Waals surface area contributed by atoms with Crippen LogP contribution >= 0.6 is 0 Å². The number of hydrogen-bond acceptors (Lipinski definition) is 1. The highest BCUT2D eigenvalue weighted by molar-refractivity contribution is 5.88. The molecule has 31 heavy (non-hydrogen) atoms. The molecule has 1 aliphatic rings. The summed E-state index contributed by atoms with van der Waals surface area (Å²) in [6.45, 7) is 8.91. The fraction of sp³-hybridized carbons (Fsp3) is 0.414. The lowest BCUT2D eigenvalue weighted by atomic mass is 9.72. The molecule has 1 aliphatic carbocycles. The molecule has 0 radical (unpaired) electrons. The Hall–Kier alpha value is -2.61. The molecule has 2 nitrogen and oxygen atoms in total. The normalized spacial score (nSPS) is 22.3. The van der Waals surface area contributed by atoms with Crippen LogP contribution in [0.5, 0.6) is 0 Å². The molecule has 0 saturated heterocycles. The van der Waals surface area contributed by atoms with Gasteiger partial charge >= 0.3 is 5.97 Å². The standard InChI is InChI=1S/C29H36O2/c1-5-21(3)19-23-11-13-24(14-12-23)25-15-17-29(18-16-25,28(30)31)27-10-8-7-9-26(27)20-22(4)6-2/h7-18,21-22,25H,5-6,19-20H2,1-4H3,(H,30,31). The van der Waals surface area contributed by atoms with Crippen LogP contribution < -0.4 is 0 Å². The topological polar surface area (TPSA) is 37.3 Å². The molecule has 0 fully saturated rings. The third-order valence-corrected chi connectivity index (χ3v) is 6.86. The van der Waals surface area contributed by atoms with Crippen molar-refractivity contribution in [3.8, 4) is 0 Å². The Morgan fingerprint density at radius 1 is 0.903 bits per heavy atom. The van der Waals surface area contributed by atoms with Crippen molar-refractivity contribution in [2.45, 2.75) is 64.7 Å². The first-order valence-electron chi connectivity index (χ1n) is 11.7. The molecular weight excluding hydrogens is 380 g/mol. The van der Waals surface area contributed by atoms with E-state index in [1.807, 2.05) is 30.4 Å². The van der Waals surface area contributed by atoms with Crippen molar-refractivity contribution in [2.24, 2.45) is 11.8 Å². The third-order valence-electron chi connectivity index (χ3n) is 6.86. The monoisotopic (exact) mass is 416 g/mol. The van der Waals surface area contributed by atoms with E-state index in [0.29, 0.717) is 11.8 Å². The summed E-state index contributed by atoms with van der Waals surface area (Å²) in [4.78, 5) is 12.5. The van der Waals surface area contributed by atoms with E-state index in [4.69, 9.17) is 0 Å². The van der Waals surface area contributed by atoms with E-state index >= 15 is 0 Å². The molecular formula is C29H36O2. The van der Waals surface area contributed by atoms with Gasteiger partial charge in [0.15, 0.2) is 0 Å². The molecule has 0 heterocycles. The number of aliphatic carboxylic acids is 1. The van der Waals surface area contributed by atoms with Crippen LogP contribution in [0.2, 0.25) is 0 Å². The van der Waals surface area contributed by atoms with Gasteiger partial charge in [-0.15, -0.1) is 0 Å². The molecule has 2 heteroatoms. The number of carboxylic acid groups (broad SMARTS) is 1. The summed E-state index contributed by atoms with van der Waals surface area (Å²) >= 11 is 0. The molecule has 3 rings (SSSR count). The van der Waals surface area contributed by atoms with Crippen LogP contribution in [0.4, 0.5) is 0 Å². The maximum absolute atomic E-state index is 12.5. The van der Waals surface area contributed by atoms with Gasteiger partial charge < -0.3 is 5.11 Å².